The van der Waals surface area contributed by atoms with Gasteiger partial charge in [0.25, 0.3) is 0 Å². The Bertz CT molecular complexity index is 393. The van der Waals surface area contributed by atoms with E-state index < -0.39 is 11.6 Å². The summed E-state index contributed by atoms with van der Waals surface area (Å²) in [6.07, 6.45) is 2.09. The number of hydrogen-bond donors (Lipinski definition) is 1. The molecule has 1 aromatic heterocycles. The summed E-state index contributed by atoms with van der Waals surface area (Å²) in [7, 11) is 0. The molecule has 0 spiro atoms. The van der Waals surface area contributed by atoms with Gasteiger partial charge in [-0.3, -0.25) is 5.41 Å². The molecule has 1 N–H and O–H groups in total. The first-order valence-corrected chi connectivity index (χ1v) is 6.37. The first-order chi connectivity index (χ1) is 7.79. The summed E-state index contributed by atoms with van der Waals surface area (Å²) in [4.78, 5) is 15.8. The molecule has 5 heteroatoms. The molecule has 0 aliphatic rings. The molecule has 0 fully saturated rings. The number of aromatic nitrogens is 1. The molecule has 0 aliphatic heterocycles. The number of esters is 1. The van der Waals surface area contributed by atoms with Crippen LogP contribution in [-0.4, -0.2) is 22.3 Å². The van der Waals surface area contributed by atoms with Gasteiger partial charge in [0.1, 0.15) is 11.3 Å². The van der Waals surface area contributed by atoms with Crippen LogP contribution in [0.2, 0.25) is 0 Å². The van der Waals surface area contributed by atoms with Crippen molar-refractivity contribution in [3.8, 4) is 0 Å². The van der Waals surface area contributed by atoms with Gasteiger partial charge >= 0.3 is 5.97 Å². The third kappa shape index (κ3) is 4.65. The number of nitrogens with one attached hydrogen (secondary N) is 1. The number of thiazole rings is 1. The fourth-order valence-electron chi connectivity index (χ4n) is 1.29. The van der Waals surface area contributed by atoms with Gasteiger partial charge in [-0.05, 0) is 20.8 Å². The van der Waals surface area contributed by atoms with E-state index in [0.29, 0.717) is 6.42 Å². The maximum absolute atomic E-state index is 11.6. The Morgan fingerprint density at radius 3 is 2.71 bits per heavy atom. The third-order valence-electron chi connectivity index (χ3n) is 2.03. The van der Waals surface area contributed by atoms with Gasteiger partial charge in [-0.25, -0.2) is 9.78 Å². The van der Waals surface area contributed by atoms with Crippen LogP contribution in [-0.2, 0) is 9.53 Å². The van der Waals surface area contributed by atoms with Crippen LogP contribution in [0.4, 0.5) is 0 Å². The van der Waals surface area contributed by atoms with E-state index in [0.717, 1.165) is 5.01 Å². The summed E-state index contributed by atoms with van der Waals surface area (Å²) in [5.74, 6) is -0.462. The van der Waals surface area contributed by atoms with Crippen molar-refractivity contribution in [2.75, 3.05) is 0 Å². The lowest BCUT2D eigenvalue weighted by Gasteiger charge is -2.20. The minimum Gasteiger partial charge on any atom is -0.456 e. The van der Waals surface area contributed by atoms with Gasteiger partial charge in [0.05, 0.1) is 5.01 Å². The molecule has 0 radical (unpaired) electrons. The Hall–Kier alpha value is -1.23. The number of carbonyl (C=O) groups is 1. The molecule has 0 amide bonds. The highest BCUT2D eigenvalue weighted by molar-refractivity contribution is 7.09. The van der Waals surface area contributed by atoms with Gasteiger partial charge in [-0.2, -0.15) is 0 Å². The topological polar surface area (TPSA) is 63.0 Å². The molecule has 0 bridgehead atoms. The Kier molecular flexibility index (Phi) is 4.40. The highest BCUT2D eigenvalue weighted by Gasteiger charge is 2.22. The molecular weight excluding hydrogens is 236 g/mol. The molecule has 17 heavy (non-hydrogen) atoms. The molecule has 0 saturated carbocycles. The Labute approximate surface area is 106 Å². The van der Waals surface area contributed by atoms with Crippen LogP contribution >= 0.6 is 11.3 Å². The van der Waals surface area contributed by atoms with Gasteiger partial charge in [0.15, 0.2) is 0 Å². The maximum atomic E-state index is 11.6. The summed E-state index contributed by atoms with van der Waals surface area (Å²) in [5.41, 5.74) is -0.545. The van der Waals surface area contributed by atoms with E-state index in [2.05, 4.69) is 4.98 Å². The molecule has 1 aromatic rings. The molecule has 1 unspecified atom stereocenters. The van der Waals surface area contributed by atoms with Gasteiger partial charge in [-0.1, -0.05) is 6.92 Å². The zero-order valence-electron chi connectivity index (χ0n) is 10.6. The van der Waals surface area contributed by atoms with E-state index in [4.69, 9.17) is 10.1 Å². The highest BCUT2D eigenvalue weighted by atomic mass is 32.1. The van der Waals surface area contributed by atoms with Crippen LogP contribution in [0.1, 0.15) is 45.0 Å². The summed E-state index contributed by atoms with van der Waals surface area (Å²) in [6, 6.07) is 0. The lowest BCUT2D eigenvalue weighted by molar-refractivity contribution is -0.146. The first-order valence-electron chi connectivity index (χ1n) is 5.50. The van der Waals surface area contributed by atoms with E-state index in [-0.39, 0.29) is 11.6 Å². The molecule has 1 heterocycles. The lowest BCUT2D eigenvalue weighted by atomic mass is 10.1. The Morgan fingerprint density at radius 2 is 2.24 bits per heavy atom. The van der Waals surface area contributed by atoms with E-state index in [9.17, 15) is 4.79 Å². The quantitative estimate of drug-likeness (QED) is 0.663. The number of hydrogen-bond acceptors (Lipinski definition) is 5. The second kappa shape index (κ2) is 5.40. The predicted molar refractivity (Wildman–Crippen MR) is 68.7 cm³/mol. The third-order valence-corrected chi connectivity index (χ3v) is 3.04. The van der Waals surface area contributed by atoms with Crippen LogP contribution in [0.25, 0.3) is 0 Å². The number of carbonyl (C=O) groups excluding carboxylic acids is 1. The van der Waals surface area contributed by atoms with Gasteiger partial charge < -0.3 is 4.74 Å². The molecule has 1 rings (SSSR count). The molecule has 0 saturated heterocycles. The predicted octanol–water partition coefficient (Wildman–Crippen LogP) is 3.00. The lowest BCUT2D eigenvalue weighted by Crippen LogP contribution is -2.29. The fraction of sp³-hybridized carbons (Fsp3) is 0.583. The first kappa shape index (κ1) is 13.8. The van der Waals surface area contributed by atoms with Crippen LogP contribution < -0.4 is 0 Å². The van der Waals surface area contributed by atoms with E-state index in [1.807, 2.05) is 12.3 Å². The van der Waals surface area contributed by atoms with E-state index in [1.165, 1.54) is 11.3 Å². The second-order valence-corrected chi connectivity index (χ2v) is 5.88. The largest absolute Gasteiger partial charge is 0.456 e. The van der Waals surface area contributed by atoms with E-state index >= 15 is 0 Å². The van der Waals surface area contributed by atoms with Gasteiger partial charge in [-0.15, -0.1) is 11.3 Å². The molecule has 0 aromatic carbocycles. The number of nitrogens with zero attached hydrogens (tertiary/aromatic N) is 1. The smallest absolute Gasteiger partial charge is 0.352 e. The Morgan fingerprint density at radius 1 is 1.59 bits per heavy atom. The zero-order chi connectivity index (χ0) is 13.1. The van der Waals surface area contributed by atoms with Gasteiger partial charge in [0, 0.05) is 23.9 Å². The monoisotopic (exact) mass is 254 g/mol. The van der Waals surface area contributed by atoms with Crippen molar-refractivity contribution in [3.63, 3.8) is 0 Å². The average Bonchev–Trinajstić information content (AvgIpc) is 2.67. The van der Waals surface area contributed by atoms with Crippen LogP contribution in [0.15, 0.2) is 11.6 Å². The van der Waals surface area contributed by atoms with Crippen LogP contribution in [0.3, 0.4) is 0 Å². The minimum atomic E-state index is -0.548. The zero-order valence-corrected chi connectivity index (χ0v) is 11.4. The Balaban J connectivity index is 2.52. The average molecular weight is 254 g/mol. The molecule has 4 nitrogen and oxygen atoms in total. The number of ether oxygens (including phenoxy) is 1. The van der Waals surface area contributed by atoms with Crippen molar-refractivity contribution in [3.05, 3.63) is 16.6 Å². The minimum absolute atomic E-state index is 0.00243. The summed E-state index contributed by atoms with van der Waals surface area (Å²) < 4.78 is 5.14. The van der Waals surface area contributed by atoms with Crippen molar-refractivity contribution < 1.29 is 9.53 Å². The van der Waals surface area contributed by atoms with Crippen molar-refractivity contribution in [2.45, 2.75) is 45.6 Å². The van der Waals surface area contributed by atoms with Crippen molar-refractivity contribution >= 4 is 23.0 Å². The van der Waals surface area contributed by atoms with Crippen molar-refractivity contribution in [1.29, 1.82) is 5.41 Å². The second-order valence-electron chi connectivity index (χ2n) is 4.96. The fourth-order valence-corrected chi connectivity index (χ4v) is 1.99. The molecular formula is C12H18N2O2S. The molecule has 0 aliphatic carbocycles. The summed E-state index contributed by atoms with van der Waals surface area (Å²) >= 11 is 1.54. The van der Waals surface area contributed by atoms with Crippen molar-refractivity contribution in [1.82, 2.24) is 4.98 Å². The SMILES string of the molecule is CC(CC(=N)C(=O)OC(C)(C)C)c1nccs1. The summed E-state index contributed by atoms with van der Waals surface area (Å²) in [5, 5.41) is 10.5. The maximum Gasteiger partial charge on any atom is 0.352 e. The van der Waals surface area contributed by atoms with Crippen LogP contribution in [0.5, 0.6) is 0 Å². The van der Waals surface area contributed by atoms with Gasteiger partial charge in [0.2, 0.25) is 0 Å². The molecule has 1 atom stereocenters. The standard InChI is InChI=1S/C12H18N2O2S/c1-8(10-14-5-6-17-10)7-9(13)11(15)16-12(2,3)4/h5-6,8,13H,7H2,1-4H3. The van der Waals surface area contributed by atoms with Crippen molar-refractivity contribution in [2.24, 2.45) is 0 Å². The molecule has 94 valence electrons. The summed E-state index contributed by atoms with van der Waals surface area (Å²) in [6.45, 7) is 7.34. The normalized spacial score (nSPS) is 13.2. The number of rotatable bonds is 4. The van der Waals surface area contributed by atoms with Crippen LogP contribution in [0, 0.1) is 5.41 Å². The highest BCUT2D eigenvalue weighted by Crippen LogP contribution is 2.21. The van der Waals surface area contributed by atoms with E-state index in [1.54, 1.807) is 27.0 Å².